The topological polar surface area (TPSA) is 111 Å². The number of hydrogen-bond donors (Lipinski definition) is 3. The second kappa shape index (κ2) is 5.44. The molecule has 0 radical (unpaired) electrons. The second-order valence-electron chi connectivity index (χ2n) is 4.18. The molecule has 7 heteroatoms. The molecule has 17 heavy (non-hydrogen) atoms. The summed E-state index contributed by atoms with van der Waals surface area (Å²) in [6.07, 6.45) is 2.04. The Balaban J connectivity index is 2.69. The summed E-state index contributed by atoms with van der Waals surface area (Å²) in [6.45, 7) is 3.91. The highest BCUT2D eigenvalue weighted by atomic mass is 32.2. The van der Waals surface area contributed by atoms with Gasteiger partial charge in [-0.1, -0.05) is 0 Å². The molecule has 2 unspecified atom stereocenters. The summed E-state index contributed by atoms with van der Waals surface area (Å²) in [6, 6.07) is 3.27. The third kappa shape index (κ3) is 4.68. The van der Waals surface area contributed by atoms with Crippen LogP contribution in [0.5, 0.6) is 0 Å². The highest BCUT2D eigenvalue weighted by molar-refractivity contribution is 7.89. The number of primary sulfonamides is 1. The van der Waals surface area contributed by atoms with Crippen LogP contribution in [0.15, 0.2) is 23.2 Å². The van der Waals surface area contributed by atoms with Gasteiger partial charge in [-0.15, -0.1) is 0 Å². The average molecular weight is 258 g/mol. The first-order chi connectivity index (χ1) is 7.79. The summed E-state index contributed by atoms with van der Waals surface area (Å²) in [5, 5.41) is 8.09. The number of nitrogens with zero attached hydrogens (tertiary/aromatic N) is 1. The van der Waals surface area contributed by atoms with E-state index in [-0.39, 0.29) is 17.0 Å². The van der Waals surface area contributed by atoms with Gasteiger partial charge in [0, 0.05) is 18.3 Å². The van der Waals surface area contributed by atoms with E-state index in [0.29, 0.717) is 5.82 Å². The van der Waals surface area contributed by atoms with E-state index in [1.165, 1.54) is 12.3 Å². The summed E-state index contributed by atoms with van der Waals surface area (Å²) in [5.74, 6) is 0.602. The van der Waals surface area contributed by atoms with E-state index in [4.69, 9.17) is 10.9 Å². The van der Waals surface area contributed by atoms with Gasteiger partial charge in [0.2, 0.25) is 10.0 Å². The molecule has 5 N–H and O–H groups in total. The quantitative estimate of drug-likeness (QED) is 0.701. The van der Waals surface area contributed by atoms with Crippen molar-refractivity contribution in [3.63, 3.8) is 0 Å². The van der Waals surface area contributed by atoms with Crippen LogP contribution < -0.4 is 16.2 Å². The standard InChI is InChI=1S/C10H18N4O2S/c1-7(11)5-8(2)14-10-4-3-9(6-13-10)17(12,15)16/h3-4,6-8H,5,11H2,1-2H3,(H,13,14)(H2,12,15,16). The minimum absolute atomic E-state index is 0.00268. The number of anilines is 1. The van der Waals surface area contributed by atoms with Crippen molar-refractivity contribution in [1.29, 1.82) is 0 Å². The van der Waals surface area contributed by atoms with Gasteiger partial charge >= 0.3 is 0 Å². The zero-order valence-corrected chi connectivity index (χ0v) is 10.7. The smallest absolute Gasteiger partial charge is 0.239 e. The van der Waals surface area contributed by atoms with Crippen molar-refractivity contribution in [2.75, 3.05) is 5.32 Å². The van der Waals surface area contributed by atoms with Gasteiger partial charge < -0.3 is 11.1 Å². The molecule has 0 aliphatic rings. The maximum Gasteiger partial charge on any atom is 0.239 e. The Morgan fingerprint density at radius 2 is 2.06 bits per heavy atom. The van der Waals surface area contributed by atoms with Crippen molar-refractivity contribution >= 4 is 15.8 Å². The van der Waals surface area contributed by atoms with Crippen LogP contribution >= 0.6 is 0 Å². The molecule has 1 rings (SSSR count). The lowest BCUT2D eigenvalue weighted by molar-refractivity contribution is 0.597. The fourth-order valence-corrected chi connectivity index (χ4v) is 1.96. The molecule has 1 aromatic rings. The van der Waals surface area contributed by atoms with E-state index in [1.807, 2.05) is 13.8 Å². The van der Waals surface area contributed by atoms with E-state index in [0.717, 1.165) is 6.42 Å². The van der Waals surface area contributed by atoms with Crippen molar-refractivity contribution in [2.45, 2.75) is 37.2 Å². The number of hydrogen-bond acceptors (Lipinski definition) is 5. The van der Waals surface area contributed by atoms with E-state index < -0.39 is 10.0 Å². The van der Waals surface area contributed by atoms with Gasteiger partial charge in [0.25, 0.3) is 0 Å². The molecule has 2 atom stereocenters. The number of rotatable bonds is 5. The van der Waals surface area contributed by atoms with Crippen LogP contribution in [0, 0.1) is 0 Å². The van der Waals surface area contributed by atoms with Gasteiger partial charge in [-0.2, -0.15) is 0 Å². The summed E-state index contributed by atoms with van der Waals surface area (Å²) < 4.78 is 22.0. The van der Waals surface area contributed by atoms with Crippen LogP contribution in [0.2, 0.25) is 0 Å². The number of nitrogens with one attached hydrogen (secondary N) is 1. The molecule has 0 aliphatic heterocycles. The fraction of sp³-hybridized carbons (Fsp3) is 0.500. The van der Waals surface area contributed by atoms with Crippen molar-refractivity contribution in [3.05, 3.63) is 18.3 Å². The number of aromatic nitrogens is 1. The Morgan fingerprint density at radius 3 is 2.47 bits per heavy atom. The molecule has 6 nitrogen and oxygen atoms in total. The highest BCUT2D eigenvalue weighted by Gasteiger charge is 2.09. The SMILES string of the molecule is CC(N)CC(C)Nc1ccc(S(N)(=O)=O)cn1. The third-order valence-electron chi connectivity index (χ3n) is 2.18. The summed E-state index contributed by atoms with van der Waals surface area (Å²) in [7, 11) is -3.68. The lowest BCUT2D eigenvalue weighted by atomic mass is 10.1. The second-order valence-corrected chi connectivity index (χ2v) is 5.74. The van der Waals surface area contributed by atoms with Crippen molar-refractivity contribution < 1.29 is 8.42 Å². The molecule has 0 spiro atoms. The van der Waals surface area contributed by atoms with Gasteiger partial charge in [-0.3, -0.25) is 0 Å². The van der Waals surface area contributed by atoms with Crippen molar-refractivity contribution in [1.82, 2.24) is 4.98 Å². The van der Waals surface area contributed by atoms with Crippen molar-refractivity contribution in [3.8, 4) is 0 Å². The lowest BCUT2D eigenvalue weighted by Gasteiger charge is -2.16. The van der Waals surface area contributed by atoms with E-state index in [2.05, 4.69) is 10.3 Å². The minimum atomic E-state index is -3.68. The van der Waals surface area contributed by atoms with E-state index >= 15 is 0 Å². The Morgan fingerprint density at radius 1 is 1.41 bits per heavy atom. The molecular weight excluding hydrogens is 240 g/mol. The fourth-order valence-electron chi connectivity index (χ4n) is 1.50. The maximum atomic E-state index is 11.0. The van der Waals surface area contributed by atoms with Gasteiger partial charge in [0.1, 0.15) is 10.7 Å². The predicted octanol–water partition coefficient (Wildman–Crippen LogP) is 0.267. The van der Waals surface area contributed by atoms with Crippen LogP contribution in [0.4, 0.5) is 5.82 Å². The van der Waals surface area contributed by atoms with Crippen LogP contribution in [0.3, 0.4) is 0 Å². The van der Waals surface area contributed by atoms with Gasteiger partial charge in [-0.05, 0) is 32.4 Å². The molecule has 0 amide bonds. The summed E-state index contributed by atoms with van der Waals surface area (Å²) in [4.78, 5) is 3.98. The molecule has 0 aliphatic carbocycles. The average Bonchev–Trinajstić information content (AvgIpc) is 2.15. The molecule has 1 aromatic heterocycles. The summed E-state index contributed by atoms with van der Waals surface area (Å²) >= 11 is 0. The van der Waals surface area contributed by atoms with Crippen LogP contribution in [0.1, 0.15) is 20.3 Å². The zero-order chi connectivity index (χ0) is 13.1. The first kappa shape index (κ1) is 13.9. The molecule has 96 valence electrons. The third-order valence-corrected chi connectivity index (χ3v) is 3.08. The Labute approximate surface area is 101 Å². The molecule has 0 saturated heterocycles. The van der Waals surface area contributed by atoms with Crippen molar-refractivity contribution in [2.24, 2.45) is 10.9 Å². The van der Waals surface area contributed by atoms with Gasteiger partial charge in [0.15, 0.2) is 0 Å². The molecule has 0 fully saturated rings. The number of nitrogens with two attached hydrogens (primary N) is 2. The van der Waals surface area contributed by atoms with Gasteiger partial charge in [0.05, 0.1) is 0 Å². The van der Waals surface area contributed by atoms with E-state index in [1.54, 1.807) is 6.07 Å². The van der Waals surface area contributed by atoms with Gasteiger partial charge in [-0.25, -0.2) is 18.5 Å². The zero-order valence-electron chi connectivity index (χ0n) is 9.92. The normalized spacial score (nSPS) is 15.3. The number of pyridine rings is 1. The first-order valence-corrected chi connectivity index (χ1v) is 6.84. The largest absolute Gasteiger partial charge is 0.368 e. The van der Waals surface area contributed by atoms with Crippen LogP contribution in [0.25, 0.3) is 0 Å². The molecule has 1 heterocycles. The Bertz CT molecular complexity index is 456. The summed E-state index contributed by atoms with van der Waals surface area (Å²) in [5.41, 5.74) is 5.67. The van der Waals surface area contributed by atoms with E-state index in [9.17, 15) is 8.42 Å². The van der Waals surface area contributed by atoms with Crippen LogP contribution in [-0.2, 0) is 10.0 Å². The molecule has 0 saturated carbocycles. The number of sulfonamides is 1. The predicted molar refractivity (Wildman–Crippen MR) is 67.0 cm³/mol. The monoisotopic (exact) mass is 258 g/mol. The highest BCUT2D eigenvalue weighted by Crippen LogP contribution is 2.11. The van der Waals surface area contributed by atoms with Crippen LogP contribution in [-0.4, -0.2) is 25.5 Å². The maximum absolute atomic E-state index is 11.0. The molecule has 0 aromatic carbocycles. The molecule has 0 bridgehead atoms. The minimum Gasteiger partial charge on any atom is -0.368 e. The molecular formula is C10H18N4O2S. The Hall–Kier alpha value is -1.18. The first-order valence-electron chi connectivity index (χ1n) is 5.30. The Kier molecular flexibility index (Phi) is 4.44. The lowest BCUT2D eigenvalue weighted by Crippen LogP contribution is -2.26.